The van der Waals surface area contributed by atoms with Crippen LogP contribution in [0.4, 0.5) is 10.6 Å². The van der Waals surface area contributed by atoms with Gasteiger partial charge in [0.05, 0.1) is 6.54 Å². The lowest BCUT2D eigenvalue weighted by atomic mass is 10.2. The predicted molar refractivity (Wildman–Crippen MR) is 138 cm³/mol. The number of carbonyl (C=O) groups is 2. The van der Waals surface area contributed by atoms with E-state index in [1.807, 2.05) is 25.7 Å². The normalized spacial score (nSPS) is 14.3. The van der Waals surface area contributed by atoms with E-state index in [0.29, 0.717) is 48.9 Å². The molecule has 0 atom stereocenters. The molecule has 0 unspecified atom stereocenters. The number of fused-ring (bicyclic) bond motifs is 1. The van der Waals surface area contributed by atoms with Crippen LogP contribution in [0.2, 0.25) is 0 Å². The first kappa shape index (κ1) is 26.5. The highest BCUT2D eigenvalue weighted by Crippen LogP contribution is 2.25. The molecule has 1 fully saturated rings. The van der Waals surface area contributed by atoms with Crippen molar-refractivity contribution in [3.63, 3.8) is 0 Å². The summed E-state index contributed by atoms with van der Waals surface area (Å²) in [6.45, 7) is 14.5. The van der Waals surface area contributed by atoms with Gasteiger partial charge in [-0.05, 0) is 40.7 Å². The zero-order chi connectivity index (χ0) is 26.6. The number of nitrogens with zero attached hydrogens (tertiary/aromatic N) is 7. The van der Waals surface area contributed by atoms with Crippen molar-refractivity contribution in [2.45, 2.75) is 46.8 Å². The first-order valence-corrected chi connectivity index (χ1v) is 11.6. The highest BCUT2D eigenvalue weighted by atomic mass is 16.6. The lowest BCUT2D eigenvalue weighted by Gasteiger charge is -2.36. The lowest BCUT2D eigenvalue weighted by Crippen LogP contribution is -2.50. The quantitative estimate of drug-likeness (QED) is 0.462. The van der Waals surface area contributed by atoms with Crippen molar-refractivity contribution >= 4 is 34.7 Å². The van der Waals surface area contributed by atoms with Gasteiger partial charge in [-0.15, -0.1) is 5.92 Å². The van der Waals surface area contributed by atoms with Crippen molar-refractivity contribution in [1.82, 2.24) is 28.9 Å². The van der Waals surface area contributed by atoms with E-state index in [9.17, 15) is 14.4 Å². The van der Waals surface area contributed by atoms with Crippen LogP contribution in [-0.2, 0) is 16.1 Å². The number of hydrogen-bond acceptors (Lipinski definition) is 7. The summed E-state index contributed by atoms with van der Waals surface area (Å²) in [6.07, 6.45) is 3.82. The van der Waals surface area contributed by atoms with E-state index in [1.165, 1.54) is 26.4 Å². The van der Waals surface area contributed by atoms with Crippen LogP contribution >= 0.6 is 0 Å². The summed E-state index contributed by atoms with van der Waals surface area (Å²) in [5.41, 5.74) is 0.551. The standard InChI is InChI=1S/C25H33N7O4/c1-8-10-11-31-20-21(29-12-14-30(15-13-29)24(35)36-25(4,5)6)26-17-27-22(20)32(23(31)34)18(3)16-28(7)19(33)9-2/h9,16-17H,2,11-15H2,1,3-7H3/b18-16+. The zero-order valence-electron chi connectivity index (χ0n) is 21.7. The maximum absolute atomic E-state index is 13.5. The SMILES string of the molecule is C=CC(=O)N(C)/C=C(\C)n1c(=O)n(CC#CC)c2c(N3CCN(C(=O)OC(C)(C)C)CC3)ncnc21. The Labute approximate surface area is 210 Å². The van der Waals surface area contributed by atoms with Crippen molar-refractivity contribution in [2.75, 3.05) is 38.1 Å². The Bertz CT molecular complexity index is 1310. The van der Waals surface area contributed by atoms with Crippen LogP contribution < -0.4 is 10.6 Å². The first-order chi connectivity index (χ1) is 17.0. The molecule has 1 aliphatic heterocycles. The summed E-state index contributed by atoms with van der Waals surface area (Å²) >= 11 is 0. The van der Waals surface area contributed by atoms with Crippen LogP contribution in [0.1, 0.15) is 34.6 Å². The minimum absolute atomic E-state index is 0.159. The number of likely N-dealkylation sites (N-methyl/N-ethyl adjacent to an activating group) is 1. The maximum atomic E-state index is 13.5. The molecule has 0 bridgehead atoms. The fraction of sp³-hybridized carbons (Fsp3) is 0.480. The predicted octanol–water partition coefficient (Wildman–Crippen LogP) is 2.14. The summed E-state index contributed by atoms with van der Waals surface area (Å²) in [4.78, 5) is 51.9. The molecule has 0 saturated carbocycles. The molecule has 11 heteroatoms. The zero-order valence-corrected chi connectivity index (χ0v) is 21.7. The topological polar surface area (TPSA) is 106 Å². The fourth-order valence-electron chi connectivity index (χ4n) is 3.90. The van der Waals surface area contributed by atoms with Crippen LogP contribution in [0, 0.1) is 11.8 Å². The van der Waals surface area contributed by atoms with E-state index in [0.717, 1.165) is 0 Å². The van der Waals surface area contributed by atoms with Gasteiger partial charge in [-0.25, -0.2) is 24.1 Å². The Hall–Kier alpha value is -4.07. The second-order valence-electron chi connectivity index (χ2n) is 9.38. The monoisotopic (exact) mass is 495 g/mol. The van der Waals surface area contributed by atoms with Gasteiger partial charge in [-0.2, -0.15) is 0 Å². The van der Waals surface area contributed by atoms with Gasteiger partial charge >= 0.3 is 11.8 Å². The third-order valence-corrected chi connectivity index (χ3v) is 5.59. The number of imidazole rings is 1. The maximum Gasteiger partial charge on any atom is 0.410 e. The smallest absolute Gasteiger partial charge is 0.410 e. The van der Waals surface area contributed by atoms with Crippen LogP contribution in [0.5, 0.6) is 0 Å². The molecule has 0 radical (unpaired) electrons. The molecule has 11 nitrogen and oxygen atoms in total. The molecular formula is C25H33N7O4. The second-order valence-corrected chi connectivity index (χ2v) is 9.38. The van der Waals surface area contributed by atoms with Gasteiger partial charge in [0.1, 0.15) is 17.4 Å². The highest BCUT2D eigenvalue weighted by molar-refractivity contribution is 5.89. The molecule has 36 heavy (non-hydrogen) atoms. The molecule has 0 aliphatic carbocycles. The van der Waals surface area contributed by atoms with Gasteiger partial charge in [-0.3, -0.25) is 9.36 Å². The lowest BCUT2D eigenvalue weighted by molar-refractivity contribution is -0.122. The number of amides is 2. The van der Waals surface area contributed by atoms with E-state index in [4.69, 9.17) is 4.74 Å². The van der Waals surface area contributed by atoms with Crippen molar-refractivity contribution < 1.29 is 14.3 Å². The molecular weight excluding hydrogens is 462 g/mol. The largest absolute Gasteiger partial charge is 0.444 e. The minimum Gasteiger partial charge on any atom is -0.444 e. The van der Waals surface area contributed by atoms with Crippen molar-refractivity contribution in [3.8, 4) is 11.8 Å². The molecule has 2 aromatic rings. The van der Waals surface area contributed by atoms with Gasteiger partial charge in [0.2, 0.25) is 5.91 Å². The molecule has 2 aromatic heterocycles. The van der Waals surface area contributed by atoms with Gasteiger partial charge in [0, 0.05) is 45.1 Å². The Morgan fingerprint density at radius 2 is 1.89 bits per heavy atom. The molecule has 3 rings (SSSR count). The van der Waals surface area contributed by atoms with Crippen molar-refractivity contribution in [2.24, 2.45) is 0 Å². The highest BCUT2D eigenvalue weighted by Gasteiger charge is 2.29. The average Bonchev–Trinajstić information content (AvgIpc) is 3.12. The number of aromatic nitrogens is 4. The molecule has 3 heterocycles. The Balaban J connectivity index is 2.02. The van der Waals surface area contributed by atoms with Crippen molar-refractivity contribution in [1.29, 1.82) is 0 Å². The third kappa shape index (κ3) is 5.59. The summed E-state index contributed by atoms with van der Waals surface area (Å²) in [5, 5.41) is 0. The van der Waals surface area contributed by atoms with Gasteiger partial charge in [0.15, 0.2) is 11.5 Å². The summed E-state index contributed by atoms with van der Waals surface area (Å²) in [7, 11) is 1.59. The third-order valence-electron chi connectivity index (χ3n) is 5.59. The second kappa shape index (κ2) is 10.7. The van der Waals surface area contributed by atoms with E-state index >= 15 is 0 Å². The number of ether oxygens (including phenoxy) is 1. The number of piperazine rings is 1. The van der Waals surface area contributed by atoms with E-state index in [2.05, 4.69) is 28.4 Å². The summed E-state index contributed by atoms with van der Waals surface area (Å²) in [5.74, 6) is 6.06. The fourth-order valence-corrected chi connectivity index (χ4v) is 3.90. The average molecular weight is 496 g/mol. The molecule has 192 valence electrons. The Morgan fingerprint density at radius 1 is 1.22 bits per heavy atom. The molecule has 1 saturated heterocycles. The van der Waals surface area contributed by atoms with Crippen LogP contribution in [0.3, 0.4) is 0 Å². The number of hydrogen-bond donors (Lipinski definition) is 0. The molecule has 2 amide bonds. The van der Waals surface area contributed by atoms with Crippen molar-refractivity contribution in [3.05, 3.63) is 35.7 Å². The number of rotatable bonds is 5. The molecule has 0 aromatic carbocycles. The van der Waals surface area contributed by atoms with Gasteiger partial charge in [-0.1, -0.05) is 12.5 Å². The number of carbonyl (C=O) groups excluding carboxylic acids is 2. The van der Waals surface area contributed by atoms with Crippen LogP contribution in [-0.4, -0.2) is 79.7 Å². The summed E-state index contributed by atoms with van der Waals surface area (Å²) < 4.78 is 8.47. The van der Waals surface area contributed by atoms with Crippen LogP contribution in [0.25, 0.3) is 16.9 Å². The van der Waals surface area contributed by atoms with Gasteiger partial charge in [0.25, 0.3) is 0 Å². The Kier molecular flexibility index (Phi) is 7.87. The van der Waals surface area contributed by atoms with E-state index < -0.39 is 5.60 Å². The molecule has 1 aliphatic rings. The minimum atomic E-state index is -0.567. The van der Waals surface area contributed by atoms with Gasteiger partial charge < -0.3 is 19.4 Å². The van der Waals surface area contributed by atoms with E-state index in [-0.39, 0.29) is 24.2 Å². The Morgan fingerprint density at radius 3 is 2.47 bits per heavy atom. The van der Waals surface area contributed by atoms with E-state index in [1.54, 1.807) is 32.0 Å². The number of allylic oxidation sites excluding steroid dienone is 1. The number of anilines is 1. The first-order valence-electron chi connectivity index (χ1n) is 11.6. The molecule has 0 N–H and O–H groups in total. The summed E-state index contributed by atoms with van der Waals surface area (Å²) in [6, 6.07) is 0. The van der Waals surface area contributed by atoms with Crippen LogP contribution in [0.15, 0.2) is 30.0 Å². The molecule has 0 spiro atoms.